The zero-order chi connectivity index (χ0) is 23.2. The number of anilines is 1. The summed E-state index contributed by atoms with van der Waals surface area (Å²) in [6.07, 6.45) is 2.48. The molecule has 0 saturated carbocycles. The number of rotatable bonds is 5. The second kappa shape index (κ2) is 8.04. The minimum atomic E-state index is -3.81. The third-order valence-corrected chi connectivity index (χ3v) is 5.44. The summed E-state index contributed by atoms with van der Waals surface area (Å²) < 4.78 is 37.6. The van der Waals surface area contributed by atoms with Crippen molar-refractivity contribution in [1.29, 1.82) is 0 Å². The summed E-state index contributed by atoms with van der Waals surface area (Å²) in [6.45, 7) is 2.67. The van der Waals surface area contributed by atoms with Gasteiger partial charge in [-0.1, -0.05) is 0 Å². The Kier molecular flexibility index (Phi) is 5.16. The number of alkyl halides is 3. The van der Waals surface area contributed by atoms with Crippen LogP contribution in [-0.4, -0.2) is 37.8 Å². The first-order valence-corrected chi connectivity index (χ1v) is 10.5. The number of aromatic amines is 1. The maximum atomic E-state index is 13.0. The fourth-order valence-corrected chi connectivity index (χ4v) is 3.95. The van der Waals surface area contributed by atoms with Crippen LogP contribution in [0.5, 0.6) is 11.8 Å². The minimum Gasteiger partial charge on any atom is -0.465 e. The van der Waals surface area contributed by atoms with Gasteiger partial charge in [0.2, 0.25) is 0 Å². The lowest BCUT2D eigenvalue weighted by Gasteiger charge is -2.23. The van der Waals surface area contributed by atoms with Crippen molar-refractivity contribution in [1.82, 2.24) is 19.7 Å². The highest BCUT2D eigenvalue weighted by molar-refractivity contribution is 6.20. The average molecular weight is 474 g/mol. The lowest BCUT2D eigenvalue weighted by atomic mass is 10.0. The van der Waals surface area contributed by atoms with E-state index in [1.807, 2.05) is 10.6 Å². The molecule has 3 heterocycles. The molecule has 4 aromatic rings. The van der Waals surface area contributed by atoms with E-state index in [-0.39, 0.29) is 11.8 Å². The van der Waals surface area contributed by atoms with Crippen LogP contribution in [0.2, 0.25) is 0 Å². The van der Waals surface area contributed by atoms with Crippen molar-refractivity contribution in [2.24, 2.45) is 0 Å². The maximum absolute atomic E-state index is 13.0. The van der Waals surface area contributed by atoms with Gasteiger partial charge in [-0.05, 0) is 49.4 Å². The first-order chi connectivity index (χ1) is 15.8. The molecule has 0 bridgehead atoms. The second-order valence-electron chi connectivity index (χ2n) is 7.64. The van der Waals surface area contributed by atoms with Gasteiger partial charge in [-0.15, -0.1) is 8.78 Å². The Morgan fingerprint density at radius 2 is 2.09 bits per heavy atom. The van der Waals surface area contributed by atoms with Gasteiger partial charge in [-0.25, -0.2) is 0 Å². The molecule has 0 unspecified atom stereocenters. The van der Waals surface area contributed by atoms with Crippen molar-refractivity contribution >= 4 is 34.2 Å². The molecular weight excluding hydrogens is 456 g/mol. The third kappa shape index (κ3) is 4.21. The number of carbonyl (C=O) groups excluding carboxylic acids is 1. The summed E-state index contributed by atoms with van der Waals surface area (Å²) >= 11 is 4.77. The van der Waals surface area contributed by atoms with E-state index in [2.05, 4.69) is 32.2 Å². The zero-order valence-electron chi connectivity index (χ0n) is 17.3. The SMILES string of the molecule is C[C@@H]1CCOc2nc3cc(C(=O)Nc4ccc(OC(F)(F)Cl)cc4)cc(-c4ccn[nH]4)c3n21. The fourth-order valence-electron chi connectivity index (χ4n) is 3.86. The molecular formula is C22H18ClF2N5O3. The molecule has 11 heteroatoms. The van der Waals surface area contributed by atoms with Crippen molar-refractivity contribution in [3.63, 3.8) is 0 Å². The van der Waals surface area contributed by atoms with E-state index in [1.54, 1.807) is 18.3 Å². The highest BCUT2D eigenvalue weighted by atomic mass is 35.5. The number of imidazole rings is 1. The minimum absolute atomic E-state index is 0.131. The molecule has 0 fully saturated rings. The van der Waals surface area contributed by atoms with E-state index in [1.165, 1.54) is 24.3 Å². The largest absolute Gasteiger partial charge is 0.487 e. The van der Waals surface area contributed by atoms with Gasteiger partial charge in [0.1, 0.15) is 5.75 Å². The third-order valence-electron chi connectivity index (χ3n) is 5.36. The van der Waals surface area contributed by atoms with Crippen molar-refractivity contribution in [2.45, 2.75) is 25.0 Å². The summed E-state index contributed by atoms with van der Waals surface area (Å²) in [5, 5.41) is 9.73. The first-order valence-electron chi connectivity index (χ1n) is 10.1. The van der Waals surface area contributed by atoms with Gasteiger partial charge >= 0.3 is 5.57 Å². The van der Waals surface area contributed by atoms with Gasteiger partial charge in [-0.2, -0.15) is 10.1 Å². The van der Waals surface area contributed by atoms with Crippen LogP contribution >= 0.6 is 11.6 Å². The normalized spacial score (nSPS) is 15.7. The molecule has 2 N–H and O–H groups in total. The van der Waals surface area contributed by atoms with Gasteiger partial charge < -0.3 is 14.8 Å². The summed E-state index contributed by atoms with van der Waals surface area (Å²) in [4.78, 5) is 17.6. The lowest BCUT2D eigenvalue weighted by molar-refractivity contribution is -0.0964. The molecule has 1 aliphatic heterocycles. The predicted octanol–water partition coefficient (Wildman–Crippen LogP) is 5.19. The van der Waals surface area contributed by atoms with Gasteiger partial charge in [0, 0.05) is 47.1 Å². The Labute approximate surface area is 191 Å². The van der Waals surface area contributed by atoms with Crippen molar-refractivity contribution in [3.05, 3.63) is 54.2 Å². The van der Waals surface area contributed by atoms with E-state index >= 15 is 0 Å². The van der Waals surface area contributed by atoms with E-state index in [4.69, 9.17) is 16.3 Å². The van der Waals surface area contributed by atoms with Crippen molar-refractivity contribution < 1.29 is 23.0 Å². The predicted molar refractivity (Wildman–Crippen MR) is 118 cm³/mol. The molecule has 33 heavy (non-hydrogen) atoms. The molecule has 0 radical (unpaired) electrons. The zero-order valence-corrected chi connectivity index (χ0v) is 18.1. The van der Waals surface area contributed by atoms with Gasteiger partial charge in [-0.3, -0.25) is 14.5 Å². The summed E-state index contributed by atoms with van der Waals surface area (Å²) in [6, 6.07) is 11.4. The number of nitrogens with zero attached hydrogens (tertiary/aromatic N) is 3. The quantitative estimate of drug-likeness (QED) is 0.389. The molecule has 0 spiro atoms. The number of carbonyl (C=O) groups is 1. The molecule has 2 aromatic carbocycles. The van der Waals surface area contributed by atoms with Crippen LogP contribution in [0.15, 0.2) is 48.7 Å². The number of ether oxygens (including phenoxy) is 2. The molecule has 170 valence electrons. The summed E-state index contributed by atoms with van der Waals surface area (Å²) in [5.74, 6) is -0.525. The topological polar surface area (TPSA) is 94.1 Å². The average Bonchev–Trinajstić information content (AvgIpc) is 3.41. The van der Waals surface area contributed by atoms with Crippen LogP contribution in [0.3, 0.4) is 0 Å². The van der Waals surface area contributed by atoms with Crippen LogP contribution in [0, 0.1) is 0 Å². The Morgan fingerprint density at radius 1 is 1.30 bits per heavy atom. The number of H-pyrrole nitrogens is 1. The van der Waals surface area contributed by atoms with Crippen LogP contribution in [0.25, 0.3) is 22.3 Å². The lowest BCUT2D eigenvalue weighted by Crippen LogP contribution is -2.18. The Hall–Kier alpha value is -3.66. The number of aromatic nitrogens is 4. The summed E-state index contributed by atoms with van der Waals surface area (Å²) in [7, 11) is 0. The molecule has 0 saturated heterocycles. The number of benzene rings is 2. The molecule has 2 aromatic heterocycles. The van der Waals surface area contributed by atoms with E-state index < -0.39 is 11.5 Å². The number of halogens is 3. The van der Waals surface area contributed by atoms with Gasteiger partial charge in [0.05, 0.1) is 23.3 Å². The van der Waals surface area contributed by atoms with Crippen LogP contribution in [0.1, 0.15) is 29.7 Å². The Morgan fingerprint density at radius 3 is 2.79 bits per heavy atom. The molecule has 1 atom stereocenters. The smallest absolute Gasteiger partial charge is 0.465 e. The highest BCUT2D eigenvalue weighted by Crippen LogP contribution is 2.37. The standard InChI is InChI=1S/C22H18ClF2N5O3/c1-12-7-9-32-21-28-18-11-13(10-16(19(18)30(12)21)17-6-8-26-29-17)20(31)27-14-2-4-15(5-3-14)33-22(23,24)25/h2-6,8,10-12H,7,9H2,1H3,(H,26,29)(H,27,31)/t12-/m1/s1. The first kappa shape index (κ1) is 21.2. The van der Waals surface area contributed by atoms with E-state index in [0.29, 0.717) is 29.4 Å². The van der Waals surface area contributed by atoms with E-state index in [9.17, 15) is 13.6 Å². The number of amides is 1. The Balaban J connectivity index is 1.50. The van der Waals surface area contributed by atoms with Crippen LogP contribution < -0.4 is 14.8 Å². The molecule has 0 aliphatic carbocycles. The molecule has 8 nitrogen and oxygen atoms in total. The van der Waals surface area contributed by atoms with Crippen molar-refractivity contribution in [2.75, 3.05) is 11.9 Å². The molecule has 1 aliphatic rings. The molecule has 1 amide bonds. The van der Waals surface area contributed by atoms with Crippen molar-refractivity contribution in [3.8, 4) is 23.0 Å². The van der Waals surface area contributed by atoms with Crippen LogP contribution in [-0.2, 0) is 0 Å². The Bertz CT molecular complexity index is 1320. The number of nitrogens with one attached hydrogen (secondary N) is 2. The molecule has 5 rings (SSSR count). The van der Waals surface area contributed by atoms with Gasteiger partial charge in [0.25, 0.3) is 11.9 Å². The monoisotopic (exact) mass is 473 g/mol. The number of hydrogen-bond donors (Lipinski definition) is 2. The fraction of sp³-hybridized carbons (Fsp3) is 0.227. The van der Waals surface area contributed by atoms with Gasteiger partial charge in [0.15, 0.2) is 0 Å². The highest BCUT2D eigenvalue weighted by Gasteiger charge is 2.28. The number of fused-ring (bicyclic) bond motifs is 3. The van der Waals surface area contributed by atoms with Crippen LogP contribution in [0.4, 0.5) is 14.5 Å². The number of hydrogen-bond acceptors (Lipinski definition) is 5. The second-order valence-corrected chi connectivity index (χ2v) is 8.08. The summed E-state index contributed by atoms with van der Waals surface area (Å²) in [5.41, 5.74) is -0.0883. The van der Waals surface area contributed by atoms with E-state index in [0.717, 1.165) is 23.2 Å². The maximum Gasteiger partial charge on any atom is 0.487 e.